The topological polar surface area (TPSA) is 51.5 Å². The Kier molecular flexibility index (Phi) is 4.52. The van der Waals surface area contributed by atoms with Crippen molar-refractivity contribution in [3.8, 4) is 0 Å². The van der Waals surface area contributed by atoms with Gasteiger partial charge in [-0.2, -0.15) is 0 Å². The summed E-state index contributed by atoms with van der Waals surface area (Å²) in [5, 5.41) is 3.30. The molecule has 2 heterocycles. The SMILES string of the molecule is Brc1cn2ccnc2c(NCCOC2CCCCC2)n1. The summed E-state index contributed by atoms with van der Waals surface area (Å²) >= 11 is 3.41. The van der Waals surface area contributed by atoms with Gasteiger partial charge in [-0.25, -0.2) is 9.97 Å². The van der Waals surface area contributed by atoms with Crippen molar-refractivity contribution in [3.63, 3.8) is 0 Å². The van der Waals surface area contributed by atoms with E-state index in [2.05, 4.69) is 31.2 Å². The Hall–Kier alpha value is -1.14. The number of hydrogen-bond donors (Lipinski definition) is 1. The molecule has 0 atom stereocenters. The lowest BCUT2D eigenvalue weighted by atomic mass is 9.98. The van der Waals surface area contributed by atoms with Gasteiger partial charge in [-0.3, -0.25) is 0 Å². The fraction of sp³-hybridized carbons (Fsp3) is 0.571. The van der Waals surface area contributed by atoms with E-state index < -0.39 is 0 Å². The van der Waals surface area contributed by atoms with Crippen molar-refractivity contribution in [2.24, 2.45) is 0 Å². The number of rotatable bonds is 5. The molecule has 0 spiro atoms. The molecule has 3 rings (SSSR count). The second-order valence-electron chi connectivity index (χ2n) is 5.13. The van der Waals surface area contributed by atoms with Crippen LogP contribution in [0, 0.1) is 0 Å². The van der Waals surface area contributed by atoms with E-state index in [1.54, 1.807) is 6.20 Å². The molecule has 6 heteroatoms. The van der Waals surface area contributed by atoms with Crippen LogP contribution in [0.2, 0.25) is 0 Å². The van der Waals surface area contributed by atoms with E-state index in [0.29, 0.717) is 12.7 Å². The molecule has 2 aromatic rings. The van der Waals surface area contributed by atoms with Crippen molar-refractivity contribution in [2.75, 3.05) is 18.5 Å². The number of anilines is 1. The maximum Gasteiger partial charge on any atom is 0.180 e. The molecule has 1 fully saturated rings. The molecule has 20 heavy (non-hydrogen) atoms. The number of ether oxygens (including phenoxy) is 1. The fourth-order valence-electron chi connectivity index (χ4n) is 2.65. The van der Waals surface area contributed by atoms with Gasteiger partial charge < -0.3 is 14.5 Å². The van der Waals surface area contributed by atoms with Gasteiger partial charge in [0.1, 0.15) is 4.60 Å². The highest BCUT2D eigenvalue weighted by molar-refractivity contribution is 9.10. The minimum absolute atomic E-state index is 0.451. The first-order chi connectivity index (χ1) is 9.83. The largest absolute Gasteiger partial charge is 0.376 e. The third-order valence-electron chi connectivity index (χ3n) is 3.64. The summed E-state index contributed by atoms with van der Waals surface area (Å²) < 4.78 is 8.64. The molecule has 108 valence electrons. The highest BCUT2D eigenvalue weighted by atomic mass is 79.9. The zero-order chi connectivity index (χ0) is 13.8. The number of nitrogens with one attached hydrogen (secondary N) is 1. The smallest absolute Gasteiger partial charge is 0.180 e. The van der Waals surface area contributed by atoms with Crippen LogP contribution in [0.25, 0.3) is 5.65 Å². The van der Waals surface area contributed by atoms with Crippen LogP contribution in [-0.2, 0) is 4.74 Å². The quantitative estimate of drug-likeness (QED) is 0.850. The predicted molar refractivity (Wildman–Crippen MR) is 82.0 cm³/mol. The molecule has 1 aliphatic carbocycles. The average Bonchev–Trinajstić information content (AvgIpc) is 2.92. The third-order valence-corrected chi connectivity index (χ3v) is 4.03. The minimum Gasteiger partial charge on any atom is -0.376 e. The molecular formula is C14H19BrN4O. The second kappa shape index (κ2) is 6.54. The summed E-state index contributed by atoms with van der Waals surface area (Å²) in [7, 11) is 0. The van der Waals surface area contributed by atoms with Gasteiger partial charge in [-0.1, -0.05) is 19.3 Å². The summed E-state index contributed by atoms with van der Waals surface area (Å²) in [6, 6.07) is 0. The van der Waals surface area contributed by atoms with Crippen LogP contribution in [0.3, 0.4) is 0 Å². The molecule has 1 aliphatic rings. The van der Waals surface area contributed by atoms with Crippen molar-refractivity contribution >= 4 is 27.4 Å². The molecule has 1 saturated carbocycles. The normalized spacial score (nSPS) is 16.6. The summed E-state index contributed by atoms with van der Waals surface area (Å²) in [6.45, 7) is 1.47. The fourth-order valence-corrected chi connectivity index (χ4v) is 3.04. The molecule has 0 bridgehead atoms. The van der Waals surface area contributed by atoms with E-state index >= 15 is 0 Å². The lowest BCUT2D eigenvalue weighted by Crippen LogP contribution is -2.21. The molecule has 5 nitrogen and oxygen atoms in total. The van der Waals surface area contributed by atoms with E-state index in [0.717, 1.165) is 22.6 Å². The van der Waals surface area contributed by atoms with Gasteiger partial charge >= 0.3 is 0 Å². The van der Waals surface area contributed by atoms with E-state index in [-0.39, 0.29) is 0 Å². The summed E-state index contributed by atoms with van der Waals surface area (Å²) in [4.78, 5) is 8.73. The second-order valence-corrected chi connectivity index (χ2v) is 5.94. The Morgan fingerprint density at radius 3 is 3.05 bits per heavy atom. The van der Waals surface area contributed by atoms with Gasteiger partial charge in [0.15, 0.2) is 11.5 Å². The van der Waals surface area contributed by atoms with Gasteiger partial charge in [0.25, 0.3) is 0 Å². The van der Waals surface area contributed by atoms with Gasteiger partial charge in [0.2, 0.25) is 0 Å². The van der Waals surface area contributed by atoms with Crippen molar-refractivity contribution in [2.45, 2.75) is 38.2 Å². The van der Waals surface area contributed by atoms with Crippen LogP contribution in [0.15, 0.2) is 23.2 Å². The predicted octanol–water partition coefficient (Wildman–Crippen LogP) is 3.25. The van der Waals surface area contributed by atoms with Crippen LogP contribution in [0.5, 0.6) is 0 Å². The molecular weight excluding hydrogens is 320 g/mol. The Labute approximate surface area is 126 Å². The molecule has 1 N–H and O–H groups in total. The van der Waals surface area contributed by atoms with Crippen molar-refractivity contribution < 1.29 is 4.74 Å². The van der Waals surface area contributed by atoms with Crippen LogP contribution >= 0.6 is 15.9 Å². The standard InChI is InChI=1S/C14H19BrN4O/c15-12-10-19-8-6-17-14(19)13(18-12)16-7-9-20-11-4-2-1-3-5-11/h6,8,10-11H,1-5,7,9H2,(H,16,18). The first-order valence-electron chi connectivity index (χ1n) is 7.17. The number of imidazole rings is 1. The lowest BCUT2D eigenvalue weighted by Gasteiger charge is -2.22. The molecule has 0 aromatic carbocycles. The Bertz CT molecular complexity index is 565. The third kappa shape index (κ3) is 3.30. The van der Waals surface area contributed by atoms with Crippen LogP contribution in [0.4, 0.5) is 5.82 Å². The lowest BCUT2D eigenvalue weighted by molar-refractivity contribution is 0.0347. The molecule has 0 unspecified atom stereocenters. The number of aromatic nitrogens is 3. The maximum absolute atomic E-state index is 5.90. The number of fused-ring (bicyclic) bond motifs is 1. The molecule has 0 amide bonds. The van der Waals surface area contributed by atoms with E-state index in [1.807, 2.05) is 16.8 Å². The van der Waals surface area contributed by atoms with Gasteiger partial charge in [-0.15, -0.1) is 0 Å². The zero-order valence-electron chi connectivity index (χ0n) is 11.4. The maximum atomic E-state index is 5.90. The molecule has 0 radical (unpaired) electrons. The van der Waals surface area contributed by atoms with E-state index in [4.69, 9.17) is 4.74 Å². The van der Waals surface area contributed by atoms with Gasteiger partial charge in [0.05, 0.1) is 12.7 Å². The Morgan fingerprint density at radius 1 is 1.35 bits per heavy atom. The minimum atomic E-state index is 0.451. The van der Waals surface area contributed by atoms with Crippen LogP contribution in [-0.4, -0.2) is 33.6 Å². The van der Waals surface area contributed by atoms with Crippen molar-refractivity contribution in [1.82, 2.24) is 14.4 Å². The van der Waals surface area contributed by atoms with E-state index in [1.165, 1.54) is 32.1 Å². The van der Waals surface area contributed by atoms with Crippen molar-refractivity contribution in [1.29, 1.82) is 0 Å². The molecule has 0 saturated heterocycles. The first kappa shape index (κ1) is 13.8. The van der Waals surface area contributed by atoms with Crippen LogP contribution < -0.4 is 5.32 Å². The highest BCUT2D eigenvalue weighted by Crippen LogP contribution is 2.20. The summed E-state index contributed by atoms with van der Waals surface area (Å²) in [5.74, 6) is 0.789. The van der Waals surface area contributed by atoms with Crippen molar-refractivity contribution in [3.05, 3.63) is 23.2 Å². The highest BCUT2D eigenvalue weighted by Gasteiger charge is 2.13. The summed E-state index contributed by atoms with van der Waals surface area (Å²) in [6.07, 6.45) is 12.4. The number of halogens is 1. The number of hydrogen-bond acceptors (Lipinski definition) is 4. The average molecular weight is 339 g/mol. The zero-order valence-corrected chi connectivity index (χ0v) is 13.0. The molecule has 2 aromatic heterocycles. The number of nitrogens with zero attached hydrogens (tertiary/aromatic N) is 3. The van der Waals surface area contributed by atoms with Gasteiger partial charge in [0, 0.05) is 25.1 Å². The Balaban J connectivity index is 1.53. The monoisotopic (exact) mass is 338 g/mol. The van der Waals surface area contributed by atoms with Crippen LogP contribution in [0.1, 0.15) is 32.1 Å². The molecule has 0 aliphatic heterocycles. The van der Waals surface area contributed by atoms with E-state index in [9.17, 15) is 0 Å². The first-order valence-corrected chi connectivity index (χ1v) is 7.97. The summed E-state index contributed by atoms with van der Waals surface area (Å²) in [5.41, 5.74) is 0.839. The van der Waals surface area contributed by atoms with Gasteiger partial charge in [-0.05, 0) is 28.8 Å². The Morgan fingerprint density at radius 2 is 2.20 bits per heavy atom.